The first-order valence-corrected chi connectivity index (χ1v) is 6.55. The van der Waals surface area contributed by atoms with Gasteiger partial charge in [-0.2, -0.15) is 0 Å². The van der Waals surface area contributed by atoms with Gasteiger partial charge in [0.2, 0.25) is 0 Å². The summed E-state index contributed by atoms with van der Waals surface area (Å²) in [6.45, 7) is 7.84. The molecule has 0 radical (unpaired) electrons. The second kappa shape index (κ2) is 6.20. The molecule has 102 valence electrons. The van der Waals surface area contributed by atoms with Gasteiger partial charge in [0.15, 0.2) is 5.78 Å². The van der Waals surface area contributed by atoms with Gasteiger partial charge in [-0.1, -0.05) is 36.9 Å². The molecule has 0 N–H and O–H groups in total. The lowest BCUT2D eigenvalue weighted by Gasteiger charge is -2.10. The van der Waals surface area contributed by atoms with E-state index in [9.17, 15) is 4.79 Å². The van der Waals surface area contributed by atoms with Crippen LogP contribution in [0.5, 0.6) is 5.75 Å². The molecule has 20 heavy (non-hydrogen) atoms. The van der Waals surface area contributed by atoms with E-state index in [1.807, 2.05) is 49.4 Å². The van der Waals surface area contributed by atoms with Crippen LogP contribution in [0.3, 0.4) is 0 Å². The van der Waals surface area contributed by atoms with E-state index >= 15 is 0 Å². The van der Waals surface area contributed by atoms with Gasteiger partial charge in [-0.25, -0.2) is 0 Å². The number of aryl methyl sites for hydroxylation is 1. The standard InChI is InChI=1S/C18H18O2/c1-13(2)18(19)17-10-9-16(11-14(17)3)20-12-15-7-5-4-6-8-15/h4-11H,1,12H2,2-3H3. The number of Topliss-reactive ketones (excluding diaryl/α,β-unsaturated/α-hetero) is 1. The van der Waals surface area contributed by atoms with Crippen molar-refractivity contribution in [3.05, 3.63) is 77.4 Å². The minimum Gasteiger partial charge on any atom is -0.489 e. The van der Waals surface area contributed by atoms with Crippen molar-refractivity contribution in [2.45, 2.75) is 20.5 Å². The van der Waals surface area contributed by atoms with Crippen molar-refractivity contribution in [2.75, 3.05) is 0 Å². The molecule has 0 spiro atoms. The topological polar surface area (TPSA) is 26.3 Å². The van der Waals surface area contributed by atoms with Crippen LogP contribution >= 0.6 is 0 Å². The Bertz CT molecular complexity index is 627. The van der Waals surface area contributed by atoms with Crippen molar-refractivity contribution in [3.63, 3.8) is 0 Å². The summed E-state index contributed by atoms with van der Waals surface area (Å²) in [5.74, 6) is 0.752. The zero-order valence-corrected chi connectivity index (χ0v) is 11.8. The molecule has 0 fully saturated rings. The fraction of sp³-hybridized carbons (Fsp3) is 0.167. The Balaban J connectivity index is 2.10. The maximum absolute atomic E-state index is 11.9. The minimum absolute atomic E-state index is 0.0166. The number of ketones is 1. The first-order valence-electron chi connectivity index (χ1n) is 6.55. The number of rotatable bonds is 5. The fourth-order valence-electron chi connectivity index (χ4n) is 1.95. The highest BCUT2D eigenvalue weighted by Crippen LogP contribution is 2.20. The summed E-state index contributed by atoms with van der Waals surface area (Å²) in [7, 11) is 0. The van der Waals surface area contributed by atoms with Gasteiger partial charge in [-0.15, -0.1) is 0 Å². The van der Waals surface area contributed by atoms with Gasteiger partial charge in [0.25, 0.3) is 0 Å². The van der Waals surface area contributed by atoms with Crippen molar-refractivity contribution in [3.8, 4) is 5.75 Å². The average molecular weight is 266 g/mol. The Morgan fingerprint density at radius 2 is 1.85 bits per heavy atom. The molecule has 0 saturated carbocycles. The summed E-state index contributed by atoms with van der Waals surface area (Å²) >= 11 is 0. The molecule has 0 unspecified atom stereocenters. The minimum atomic E-state index is -0.0166. The Hall–Kier alpha value is -2.35. The molecule has 2 heteroatoms. The predicted octanol–water partition coefficient (Wildman–Crippen LogP) is 4.33. The van der Waals surface area contributed by atoms with Crippen LogP contribution in [0.25, 0.3) is 0 Å². The molecular weight excluding hydrogens is 248 g/mol. The van der Waals surface area contributed by atoms with E-state index in [2.05, 4.69) is 6.58 Å². The number of hydrogen-bond acceptors (Lipinski definition) is 2. The van der Waals surface area contributed by atoms with Gasteiger partial charge in [0.1, 0.15) is 12.4 Å². The van der Waals surface area contributed by atoms with Gasteiger partial charge in [-0.05, 0) is 48.7 Å². The molecule has 0 aliphatic carbocycles. The number of allylic oxidation sites excluding steroid dienone is 1. The summed E-state index contributed by atoms with van der Waals surface area (Å²) in [6.07, 6.45) is 0. The van der Waals surface area contributed by atoms with Crippen molar-refractivity contribution >= 4 is 5.78 Å². The predicted molar refractivity (Wildman–Crippen MR) is 81.1 cm³/mol. The van der Waals surface area contributed by atoms with Crippen molar-refractivity contribution in [2.24, 2.45) is 0 Å². The zero-order chi connectivity index (χ0) is 14.5. The van der Waals surface area contributed by atoms with E-state index in [0.29, 0.717) is 17.7 Å². The van der Waals surface area contributed by atoms with Crippen LogP contribution in [0.15, 0.2) is 60.7 Å². The summed E-state index contributed by atoms with van der Waals surface area (Å²) in [6, 6.07) is 15.5. The average Bonchev–Trinajstić information content (AvgIpc) is 2.45. The third kappa shape index (κ3) is 3.35. The molecule has 0 atom stereocenters. The third-order valence-electron chi connectivity index (χ3n) is 3.08. The number of carbonyl (C=O) groups is 1. The van der Waals surface area contributed by atoms with E-state index in [0.717, 1.165) is 16.9 Å². The van der Waals surface area contributed by atoms with Crippen LogP contribution in [-0.4, -0.2) is 5.78 Å². The largest absolute Gasteiger partial charge is 0.489 e. The third-order valence-corrected chi connectivity index (χ3v) is 3.08. The SMILES string of the molecule is C=C(C)C(=O)c1ccc(OCc2ccccc2)cc1C. The normalized spacial score (nSPS) is 10.1. The monoisotopic (exact) mass is 266 g/mol. The maximum Gasteiger partial charge on any atom is 0.188 e. The summed E-state index contributed by atoms with van der Waals surface area (Å²) in [4.78, 5) is 11.9. The Morgan fingerprint density at radius 1 is 1.15 bits per heavy atom. The molecule has 0 amide bonds. The second-order valence-electron chi connectivity index (χ2n) is 4.86. The molecular formula is C18H18O2. The fourth-order valence-corrected chi connectivity index (χ4v) is 1.95. The number of carbonyl (C=O) groups excluding carboxylic acids is 1. The molecule has 0 saturated heterocycles. The number of ether oxygens (including phenoxy) is 1. The molecule has 0 aromatic heterocycles. The van der Waals surface area contributed by atoms with Crippen LogP contribution in [0, 0.1) is 6.92 Å². The molecule has 0 aliphatic rings. The first kappa shape index (κ1) is 14.1. The molecule has 2 aromatic carbocycles. The first-order chi connectivity index (χ1) is 9.58. The second-order valence-corrected chi connectivity index (χ2v) is 4.86. The van der Waals surface area contributed by atoms with E-state index in [4.69, 9.17) is 4.74 Å². The van der Waals surface area contributed by atoms with Gasteiger partial charge >= 0.3 is 0 Å². The van der Waals surface area contributed by atoms with Crippen LogP contribution < -0.4 is 4.74 Å². The van der Waals surface area contributed by atoms with Gasteiger partial charge in [0, 0.05) is 5.56 Å². The van der Waals surface area contributed by atoms with E-state index in [-0.39, 0.29) is 5.78 Å². The van der Waals surface area contributed by atoms with Gasteiger partial charge in [0.05, 0.1) is 0 Å². The summed E-state index contributed by atoms with van der Waals surface area (Å²) in [5, 5.41) is 0. The van der Waals surface area contributed by atoms with E-state index in [1.54, 1.807) is 13.0 Å². The molecule has 0 aliphatic heterocycles. The quantitative estimate of drug-likeness (QED) is 0.594. The lowest BCUT2D eigenvalue weighted by atomic mass is 10.0. The van der Waals surface area contributed by atoms with Crippen LogP contribution in [-0.2, 0) is 6.61 Å². The lowest BCUT2D eigenvalue weighted by Crippen LogP contribution is -2.03. The van der Waals surface area contributed by atoms with Crippen molar-refractivity contribution in [1.82, 2.24) is 0 Å². The van der Waals surface area contributed by atoms with Crippen molar-refractivity contribution in [1.29, 1.82) is 0 Å². The summed E-state index contributed by atoms with van der Waals surface area (Å²) in [5.41, 5.74) is 3.26. The molecule has 2 aromatic rings. The lowest BCUT2D eigenvalue weighted by molar-refractivity contribution is 0.103. The van der Waals surface area contributed by atoms with Crippen LogP contribution in [0.1, 0.15) is 28.4 Å². The molecule has 0 bridgehead atoms. The summed E-state index contributed by atoms with van der Waals surface area (Å²) < 4.78 is 5.73. The highest BCUT2D eigenvalue weighted by Gasteiger charge is 2.10. The Labute approximate surface area is 119 Å². The number of benzene rings is 2. The van der Waals surface area contributed by atoms with Crippen molar-refractivity contribution < 1.29 is 9.53 Å². The van der Waals surface area contributed by atoms with Crippen LogP contribution in [0.2, 0.25) is 0 Å². The highest BCUT2D eigenvalue weighted by atomic mass is 16.5. The van der Waals surface area contributed by atoms with Crippen LogP contribution in [0.4, 0.5) is 0 Å². The van der Waals surface area contributed by atoms with E-state index < -0.39 is 0 Å². The highest BCUT2D eigenvalue weighted by molar-refractivity contribution is 6.08. The van der Waals surface area contributed by atoms with Gasteiger partial charge in [-0.3, -0.25) is 4.79 Å². The maximum atomic E-state index is 11.9. The number of hydrogen-bond donors (Lipinski definition) is 0. The van der Waals surface area contributed by atoms with E-state index in [1.165, 1.54) is 0 Å². The molecule has 2 nitrogen and oxygen atoms in total. The Morgan fingerprint density at radius 3 is 2.45 bits per heavy atom. The molecule has 2 rings (SSSR count). The zero-order valence-electron chi connectivity index (χ0n) is 11.8. The van der Waals surface area contributed by atoms with Gasteiger partial charge < -0.3 is 4.74 Å². The Kier molecular flexibility index (Phi) is 4.36. The smallest absolute Gasteiger partial charge is 0.188 e. The molecule has 0 heterocycles.